The van der Waals surface area contributed by atoms with Crippen molar-refractivity contribution in [3.63, 3.8) is 0 Å². The minimum Gasteiger partial charge on any atom is -0.391 e. The second kappa shape index (κ2) is 6.82. The second-order valence-corrected chi connectivity index (χ2v) is 6.64. The van der Waals surface area contributed by atoms with E-state index in [1.807, 2.05) is 31.3 Å². The van der Waals surface area contributed by atoms with E-state index in [1.165, 1.54) is 16.7 Å². The lowest BCUT2D eigenvalue weighted by Gasteiger charge is -2.12. The van der Waals surface area contributed by atoms with Crippen LogP contribution in [0.3, 0.4) is 0 Å². The fraction of sp³-hybridized carbons (Fsp3) is 0.368. The summed E-state index contributed by atoms with van der Waals surface area (Å²) in [6.45, 7) is 0. The Morgan fingerprint density at radius 2 is 1.59 bits per heavy atom. The average Bonchev–Trinajstić information content (AvgIpc) is 2.88. The minimum absolute atomic E-state index is 0.205. The fourth-order valence-electron chi connectivity index (χ4n) is 3.40. The zero-order chi connectivity index (χ0) is 15.5. The van der Waals surface area contributed by atoms with Crippen LogP contribution in [0.4, 0.5) is 0 Å². The Balaban J connectivity index is 1.66. The van der Waals surface area contributed by atoms with Gasteiger partial charge < -0.3 is 10.4 Å². The van der Waals surface area contributed by atoms with Gasteiger partial charge in [-0.05, 0) is 61.1 Å². The molecule has 0 unspecified atom stereocenters. The van der Waals surface area contributed by atoms with Crippen LogP contribution in [0.5, 0.6) is 0 Å². The third-order valence-electron chi connectivity index (χ3n) is 4.65. The van der Waals surface area contributed by atoms with Gasteiger partial charge in [0, 0.05) is 11.1 Å². The standard InChI is InChI=1S/C19H22ClNO/c1-21-18-11-14(12-19(18)22)10-13-2-4-15(5-3-13)16-6-8-17(20)9-7-16/h2-9,14,18-19,21-22H,10-12H2,1H3/t14-,18+,19+/m1/s1. The van der Waals surface area contributed by atoms with E-state index in [2.05, 4.69) is 29.6 Å². The molecule has 116 valence electrons. The number of nitrogens with one attached hydrogen (secondary N) is 1. The van der Waals surface area contributed by atoms with Crippen molar-refractivity contribution in [1.29, 1.82) is 0 Å². The first-order valence-corrected chi connectivity index (χ1v) is 8.23. The number of hydrogen-bond acceptors (Lipinski definition) is 2. The Hall–Kier alpha value is -1.35. The monoisotopic (exact) mass is 315 g/mol. The number of halogens is 1. The minimum atomic E-state index is -0.205. The van der Waals surface area contributed by atoms with Crippen molar-refractivity contribution in [2.75, 3.05) is 7.05 Å². The Kier molecular flexibility index (Phi) is 4.82. The van der Waals surface area contributed by atoms with Gasteiger partial charge in [-0.25, -0.2) is 0 Å². The molecule has 0 radical (unpaired) electrons. The molecular weight excluding hydrogens is 294 g/mol. The summed E-state index contributed by atoms with van der Waals surface area (Å²) in [6, 6.07) is 16.9. The van der Waals surface area contributed by atoms with Crippen LogP contribution in [-0.4, -0.2) is 24.3 Å². The highest BCUT2D eigenvalue weighted by atomic mass is 35.5. The highest BCUT2D eigenvalue weighted by Gasteiger charge is 2.31. The molecule has 3 atom stereocenters. The summed E-state index contributed by atoms with van der Waals surface area (Å²) in [5.41, 5.74) is 3.73. The van der Waals surface area contributed by atoms with Gasteiger partial charge in [0.1, 0.15) is 0 Å². The maximum absolute atomic E-state index is 9.98. The summed E-state index contributed by atoms with van der Waals surface area (Å²) in [4.78, 5) is 0. The van der Waals surface area contributed by atoms with Crippen molar-refractivity contribution in [1.82, 2.24) is 5.32 Å². The van der Waals surface area contributed by atoms with E-state index in [4.69, 9.17) is 11.6 Å². The molecule has 0 bridgehead atoms. The van der Waals surface area contributed by atoms with E-state index >= 15 is 0 Å². The van der Waals surface area contributed by atoms with Gasteiger partial charge in [0.2, 0.25) is 0 Å². The third-order valence-corrected chi connectivity index (χ3v) is 4.91. The number of likely N-dealkylation sites (N-methyl/N-ethyl adjacent to an activating group) is 1. The molecule has 3 rings (SSSR count). The highest BCUT2D eigenvalue weighted by molar-refractivity contribution is 6.30. The summed E-state index contributed by atoms with van der Waals surface area (Å²) >= 11 is 5.93. The fourth-order valence-corrected chi connectivity index (χ4v) is 3.53. The molecule has 3 heteroatoms. The van der Waals surface area contributed by atoms with Crippen molar-refractivity contribution in [2.45, 2.75) is 31.4 Å². The van der Waals surface area contributed by atoms with Crippen molar-refractivity contribution < 1.29 is 5.11 Å². The first-order valence-electron chi connectivity index (χ1n) is 7.86. The van der Waals surface area contributed by atoms with Crippen LogP contribution in [0.1, 0.15) is 18.4 Å². The summed E-state index contributed by atoms with van der Waals surface area (Å²) in [5.74, 6) is 0.564. The van der Waals surface area contributed by atoms with Crippen LogP contribution < -0.4 is 5.32 Å². The third kappa shape index (κ3) is 3.52. The van der Waals surface area contributed by atoms with Crippen LogP contribution in [0.15, 0.2) is 48.5 Å². The zero-order valence-electron chi connectivity index (χ0n) is 12.8. The van der Waals surface area contributed by atoms with E-state index in [0.29, 0.717) is 5.92 Å². The van der Waals surface area contributed by atoms with Gasteiger partial charge >= 0.3 is 0 Å². The molecule has 1 aliphatic carbocycles. The highest BCUT2D eigenvalue weighted by Crippen LogP contribution is 2.30. The van der Waals surface area contributed by atoms with Crippen LogP contribution >= 0.6 is 11.6 Å². The smallest absolute Gasteiger partial charge is 0.0695 e. The van der Waals surface area contributed by atoms with Gasteiger partial charge in [-0.3, -0.25) is 0 Å². The number of hydrogen-bond donors (Lipinski definition) is 2. The largest absolute Gasteiger partial charge is 0.391 e. The average molecular weight is 316 g/mol. The van der Waals surface area contributed by atoms with Gasteiger partial charge in [-0.15, -0.1) is 0 Å². The van der Waals surface area contributed by atoms with Crippen molar-refractivity contribution >= 4 is 11.6 Å². The molecule has 2 aromatic carbocycles. The molecule has 22 heavy (non-hydrogen) atoms. The summed E-state index contributed by atoms with van der Waals surface area (Å²) < 4.78 is 0. The molecule has 2 nitrogen and oxygen atoms in total. The van der Waals surface area contributed by atoms with Gasteiger partial charge in [0.25, 0.3) is 0 Å². The number of aliphatic hydroxyl groups excluding tert-OH is 1. The van der Waals surface area contributed by atoms with Crippen molar-refractivity contribution in [2.24, 2.45) is 5.92 Å². The summed E-state index contributed by atoms with van der Waals surface area (Å²) in [5, 5.41) is 13.9. The second-order valence-electron chi connectivity index (χ2n) is 6.21. The lowest BCUT2D eigenvalue weighted by atomic mass is 9.96. The molecule has 1 aliphatic rings. The van der Waals surface area contributed by atoms with E-state index in [0.717, 1.165) is 24.3 Å². The number of rotatable bonds is 4. The van der Waals surface area contributed by atoms with Crippen LogP contribution in [0.25, 0.3) is 11.1 Å². The maximum atomic E-state index is 9.98. The molecule has 0 aromatic heterocycles. The summed E-state index contributed by atoms with van der Waals surface area (Å²) in [6.07, 6.45) is 2.78. The SMILES string of the molecule is CN[C@H]1C[C@@H](Cc2ccc(-c3ccc(Cl)cc3)cc2)C[C@@H]1O. The lowest BCUT2D eigenvalue weighted by molar-refractivity contribution is 0.150. The number of aliphatic hydroxyl groups is 1. The maximum Gasteiger partial charge on any atom is 0.0695 e. The first kappa shape index (κ1) is 15.5. The van der Waals surface area contributed by atoms with Gasteiger partial charge in [0.15, 0.2) is 0 Å². The molecule has 2 aromatic rings. The van der Waals surface area contributed by atoms with Gasteiger partial charge in [-0.2, -0.15) is 0 Å². The lowest BCUT2D eigenvalue weighted by Crippen LogP contribution is -2.32. The van der Waals surface area contributed by atoms with Gasteiger partial charge in [-0.1, -0.05) is 48.0 Å². The van der Waals surface area contributed by atoms with E-state index < -0.39 is 0 Å². The molecule has 0 heterocycles. The Labute approximate surface area is 137 Å². The normalized spacial score (nSPS) is 24.6. The molecular formula is C19H22ClNO. The molecule has 0 aliphatic heterocycles. The molecule has 0 amide bonds. The number of benzene rings is 2. The molecule has 0 saturated heterocycles. The van der Waals surface area contributed by atoms with E-state index in [1.54, 1.807) is 0 Å². The van der Waals surface area contributed by atoms with E-state index in [9.17, 15) is 5.11 Å². The molecule has 1 saturated carbocycles. The van der Waals surface area contributed by atoms with Crippen molar-refractivity contribution in [3.05, 3.63) is 59.1 Å². The zero-order valence-corrected chi connectivity index (χ0v) is 13.6. The molecule has 0 spiro atoms. The Bertz CT molecular complexity index is 608. The van der Waals surface area contributed by atoms with Gasteiger partial charge in [0.05, 0.1) is 6.10 Å². The Morgan fingerprint density at radius 3 is 2.14 bits per heavy atom. The predicted octanol–water partition coefficient (Wildman–Crippen LogP) is 3.91. The molecule has 1 fully saturated rings. The topological polar surface area (TPSA) is 32.3 Å². The van der Waals surface area contributed by atoms with Crippen LogP contribution in [-0.2, 0) is 6.42 Å². The predicted molar refractivity (Wildman–Crippen MR) is 92.2 cm³/mol. The Morgan fingerprint density at radius 1 is 1.00 bits per heavy atom. The quantitative estimate of drug-likeness (QED) is 0.896. The van der Waals surface area contributed by atoms with E-state index in [-0.39, 0.29) is 12.1 Å². The van der Waals surface area contributed by atoms with Crippen LogP contribution in [0.2, 0.25) is 5.02 Å². The summed E-state index contributed by atoms with van der Waals surface area (Å²) in [7, 11) is 1.93. The first-order chi connectivity index (χ1) is 10.7. The van der Waals surface area contributed by atoms with Crippen molar-refractivity contribution in [3.8, 4) is 11.1 Å². The van der Waals surface area contributed by atoms with Crippen LogP contribution in [0, 0.1) is 5.92 Å². The molecule has 2 N–H and O–H groups in total.